The highest BCUT2D eigenvalue weighted by Crippen LogP contribution is 2.03. The maximum atomic E-state index is 5.23. The topological polar surface area (TPSA) is 45.7 Å². The number of rotatable bonds is 3. The van der Waals surface area contributed by atoms with Gasteiger partial charge in [-0.1, -0.05) is 0 Å². The van der Waals surface area contributed by atoms with E-state index in [0.29, 0.717) is 0 Å². The van der Waals surface area contributed by atoms with Gasteiger partial charge in [0.15, 0.2) is 5.96 Å². The second-order valence-corrected chi connectivity index (χ2v) is 3.14. The molecular weight excluding hydrogens is 154 g/mol. The van der Waals surface area contributed by atoms with E-state index >= 15 is 0 Å². The predicted octanol–water partition coefficient (Wildman–Crippen LogP) is 0.206. The molecule has 0 saturated heterocycles. The molecule has 0 aliphatic carbocycles. The standard InChI is InChI=1S/C8H19N3O/c1-8(2,12-5)6-11-7(9-3)10-4/h6H2,1-5H3,(H2,9,10,11). The number of ether oxygens (including phenoxy) is 1. The summed E-state index contributed by atoms with van der Waals surface area (Å²) in [6.07, 6.45) is 0. The van der Waals surface area contributed by atoms with E-state index in [1.165, 1.54) is 0 Å². The summed E-state index contributed by atoms with van der Waals surface area (Å²) < 4.78 is 5.23. The molecule has 0 aromatic heterocycles. The summed E-state index contributed by atoms with van der Waals surface area (Å²) in [7, 11) is 5.26. The third-order valence-corrected chi connectivity index (χ3v) is 1.69. The molecule has 0 atom stereocenters. The first-order valence-electron chi connectivity index (χ1n) is 3.99. The fourth-order valence-electron chi connectivity index (χ4n) is 0.648. The molecule has 0 aromatic carbocycles. The van der Waals surface area contributed by atoms with Crippen molar-refractivity contribution in [1.82, 2.24) is 10.6 Å². The van der Waals surface area contributed by atoms with Crippen molar-refractivity contribution in [2.75, 3.05) is 27.7 Å². The second-order valence-electron chi connectivity index (χ2n) is 3.14. The van der Waals surface area contributed by atoms with Gasteiger partial charge in [0.2, 0.25) is 0 Å². The average molecular weight is 173 g/mol. The van der Waals surface area contributed by atoms with Gasteiger partial charge in [0.1, 0.15) is 0 Å². The molecule has 2 N–H and O–H groups in total. The largest absolute Gasteiger partial charge is 0.377 e. The number of nitrogens with one attached hydrogen (secondary N) is 2. The lowest BCUT2D eigenvalue weighted by Crippen LogP contribution is -2.44. The highest BCUT2D eigenvalue weighted by molar-refractivity contribution is 5.79. The van der Waals surface area contributed by atoms with E-state index in [9.17, 15) is 0 Å². The minimum absolute atomic E-state index is 0.160. The van der Waals surface area contributed by atoms with E-state index in [2.05, 4.69) is 15.6 Å². The Morgan fingerprint density at radius 1 is 1.50 bits per heavy atom. The summed E-state index contributed by atoms with van der Waals surface area (Å²) in [6.45, 7) is 4.77. The van der Waals surface area contributed by atoms with Crippen LogP contribution < -0.4 is 10.6 Å². The first kappa shape index (κ1) is 11.2. The van der Waals surface area contributed by atoms with Crippen LogP contribution in [0.15, 0.2) is 4.99 Å². The van der Waals surface area contributed by atoms with Gasteiger partial charge in [-0.15, -0.1) is 0 Å². The van der Waals surface area contributed by atoms with Gasteiger partial charge in [0.05, 0.1) is 5.60 Å². The molecule has 4 nitrogen and oxygen atoms in total. The lowest BCUT2D eigenvalue weighted by atomic mass is 10.1. The predicted molar refractivity (Wildman–Crippen MR) is 51.5 cm³/mol. The Labute approximate surface area is 74.4 Å². The van der Waals surface area contributed by atoms with Gasteiger partial charge in [-0.3, -0.25) is 4.99 Å². The number of hydrogen-bond donors (Lipinski definition) is 2. The SMILES string of the molecule is CN=C(NC)NCC(C)(C)OC. The quantitative estimate of drug-likeness (QED) is 0.473. The van der Waals surface area contributed by atoms with Crippen molar-refractivity contribution in [2.24, 2.45) is 4.99 Å². The van der Waals surface area contributed by atoms with Crippen LogP contribution in [0.1, 0.15) is 13.8 Å². The van der Waals surface area contributed by atoms with E-state index in [-0.39, 0.29) is 5.60 Å². The van der Waals surface area contributed by atoms with E-state index in [1.807, 2.05) is 20.9 Å². The summed E-state index contributed by atoms with van der Waals surface area (Å²) in [5, 5.41) is 6.06. The van der Waals surface area contributed by atoms with E-state index < -0.39 is 0 Å². The number of nitrogens with zero attached hydrogens (tertiary/aromatic N) is 1. The molecule has 0 saturated carbocycles. The van der Waals surface area contributed by atoms with Crippen molar-refractivity contribution in [1.29, 1.82) is 0 Å². The number of methoxy groups -OCH3 is 1. The molecule has 0 spiro atoms. The van der Waals surface area contributed by atoms with E-state index in [4.69, 9.17) is 4.74 Å². The van der Waals surface area contributed by atoms with Gasteiger partial charge < -0.3 is 15.4 Å². The molecular formula is C8H19N3O. The molecule has 0 bridgehead atoms. The lowest BCUT2D eigenvalue weighted by Gasteiger charge is -2.23. The van der Waals surface area contributed by atoms with E-state index in [0.717, 1.165) is 12.5 Å². The van der Waals surface area contributed by atoms with Crippen molar-refractivity contribution in [3.63, 3.8) is 0 Å². The summed E-state index contributed by atoms with van der Waals surface area (Å²) in [6, 6.07) is 0. The summed E-state index contributed by atoms with van der Waals surface area (Å²) >= 11 is 0. The maximum absolute atomic E-state index is 5.23. The van der Waals surface area contributed by atoms with Gasteiger partial charge in [-0.25, -0.2) is 0 Å². The number of hydrogen-bond acceptors (Lipinski definition) is 2. The Bertz CT molecular complexity index is 154. The minimum Gasteiger partial charge on any atom is -0.377 e. The van der Waals surface area contributed by atoms with Gasteiger partial charge in [-0.05, 0) is 13.8 Å². The third-order valence-electron chi connectivity index (χ3n) is 1.69. The fraction of sp³-hybridized carbons (Fsp3) is 0.875. The zero-order chi connectivity index (χ0) is 9.61. The molecule has 12 heavy (non-hydrogen) atoms. The molecule has 0 fully saturated rings. The maximum Gasteiger partial charge on any atom is 0.190 e. The summed E-state index contributed by atoms with van der Waals surface area (Å²) in [4.78, 5) is 3.98. The number of guanidine groups is 1. The Morgan fingerprint density at radius 2 is 2.08 bits per heavy atom. The van der Waals surface area contributed by atoms with Gasteiger partial charge in [-0.2, -0.15) is 0 Å². The van der Waals surface area contributed by atoms with Crippen LogP contribution in [0, 0.1) is 0 Å². The van der Waals surface area contributed by atoms with Crippen LogP contribution in [-0.4, -0.2) is 39.3 Å². The monoisotopic (exact) mass is 173 g/mol. The van der Waals surface area contributed by atoms with Crippen LogP contribution in [0.25, 0.3) is 0 Å². The van der Waals surface area contributed by atoms with Crippen LogP contribution in [-0.2, 0) is 4.74 Å². The Kier molecular flexibility index (Phi) is 4.66. The molecule has 0 heterocycles. The fourth-order valence-corrected chi connectivity index (χ4v) is 0.648. The molecule has 0 amide bonds. The lowest BCUT2D eigenvalue weighted by molar-refractivity contribution is 0.0268. The average Bonchev–Trinajstić information content (AvgIpc) is 2.06. The van der Waals surface area contributed by atoms with Crippen molar-refractivity contribution >= 4 is 5.96 Å². The molecule has 0 radical (unpaired) electrons. The van der Waals surface area contributed by atoms with Crippen molar-refractivity contribution < 1.29 is 4.74 Å². The Balaban J connectivity index is 3.81. The molecule has 0 rings (SSSR count). The van der Waals surface area contributed by atoms with Crippen molar-refractivity contribution in [3.05, 3.63) is 0 Å². The molecule has 0 aliphatic heterocycles. The zero-order valence-electron chi connectivity index (χ0n) is 8.56. The van der Waals surface area contributed by atoms with Crippen LogP contribution in [0.2, 0.25) is 0 Å². The van der Waals surface area contributed by atoms with Crippen LogP contribution in [0.4, 0.5) is 0 Å². The number of aliphatic imine (C=N–C) groups is 1. The molecule has 0 aromatic rings. The van der Waals surface area contributed by atoms with Crippen LogP contribution >= 0.6 is 0 Å². The van der Waals surface area contributed by atoms with Crippen LogP contribution in [0.5, 0.6) is 0 Å². The summed E-state index contributed by atoms with van der Waals surface area (Å²) in [5.41, 5.74) is -0.160. The molecule has 0 unspecified atom stereocenters. The Morgan fingerprint density at radius 3 is 2.42 bits per heavy atom. The van der Waals surface area contributed by atoms with E-state index in [1.54, 1.807) is 14.2 Å². The molecule has 72 valence electrons. The normalized spacial score (nSPS) is 12.9. The molecule has 0 aliphatic rings. The second kappa shape index (κ2) is 4.98. The zero-order valence-corrected chi connectivity index (χ0v) is 8.56. The van der Waals surface area contributed by atoms with Crippen molar-refractivity contribution in [2.45, 2.75) is 19.4 Å². The van der Waals surface area contributed by atoms with Gasteiger partial charge in [0, 0.05) is 27.7 Å². The molecule has 4 heteroatoms. The van der Waals surface area contributed by atoms with Crippen molar-refractivity contribution in [3.8, 4) is 0 Å². The first-order chi connectivity index (χ1) is 5.55. The first-order valence-corrected chi connectivity index (χ1v) is 3.99. The van der Waals surface area contributed by atoms with Gasteiger partial charge >= 0.3 is 0 Å². The smallest absolute Gasteiger partial charge is 0.190 e. The highest BCUT2D eigenvalue weighted by Gasteiger charge is 2.15. The highest BCUT2D eigenvalue weighted by atomic mass is 16.5. The minimum atomic E-state index is -0.160. The summed E-state index contributed by atoms with van der Waals surface area (Å²) in [5.74, 6) is 0.778. The van der Waals surface area contributed by atoms with Gasteiger partial charge in [0.25, 0.3) is 0 Å². The Hall–Kier alpha value is -0.770. The third kappa shape index (κ3) is 4.18. The van der Waals surface area contributed by atoms with Crippen LogP contribution in [0.3, 0.4) is 0 Å².